The summed E-state index contributed by atoms with van der Waals surface area (Å²) in [6.45, 7) is 1.04. The Labute approximate surface area is 155 Å². The van der Waals surface area contributed by atoms with Crippen LogP contribution in [0.25, 0.3) is 0 Å². The molecule has 0 spiro atoms. The van der Waals surface area contributed by atoms with Crippen LogP contribution in [-0.2, 0) is 31.8 Å². The van der Waals surface area contributed by atoms with E-state index in [2.05, 4.69) is 0 Å². The minimum atomic E-state index is -1.85. The first kappa shape index (κ1) is 21.4. The van der Waals surface area contributed by atoms with Crippen LogP contribution in [0.1, 0.15) is 37.3 Å². The molecule has 1 aromatic rings. The van der Waals surface area contributed by atoms with Crippen LogP contribution < -0.4 is 0 Å². The summed E-state index contributed by atoms with van der Waals surface area (Å²) >= 11 is 0. The molecular weight excluding hydrogens is 368 g/mol. The highest BCUT2D eigenvalue weighted by atomic mass is 19.3. The van der Waals surface area contributed by atoms with Crippen molar-refractivity contribution in [2.75, 3.05) is 13.2 Å². The molecule has 1 aliphatic heterocycles. The Bertz CT molecular complexity index is 643. The molecule has 0 radical (unpaired) electrons. The van der Waals surface area contributed by atoms with Crippen molar-refractivity contribution in [2.45, 2.75) is 45.5 Å². The second kappa shape index (κ2) is 10.4. The minimum Gasteiger partial charge on any atom is -0.410 e. The zero-order chi connectivity index (χ0) is 19.8. The zero-order valence-corrected chi connectivity index (χ0v) is 15.0. The van der Waals surface area contributed by atoms with Crippen LogP contribution in [0.4, 0.5) is 17.6 Å². The number of hydrogen-bond acceptors (Lipinski definition) is 4. The summed E-state index contributed by atoms with van der Waals surface area (Å²) in [5, 5.41) is 0. The van der Waals surface area contributed by atoms with Crippen LogP contribution in [0.5, 0.6) is 0 Å². The van der Waals surface area contributed by atoms with Gasteiger partial charge in [-0.2, -0.15) is 8.78 Å². The predicted molar refractivity (Wildman–Crippen MR) is 88.9 cm³/mol. The highest BCUT2D eigenvalue weighted by Crippen LogP contribution is 2.22. The smallest absolute Gasteiger partial charge is 0.318 e. The minimum absolute atomic E-state index is 0.0360. The molecule has 0 unspecified atom stereocenters. The molecule has 0 N–H and O–H groups in total. The first-order chi connectivity index (χ1) is 12.9. The van der Waals surface area contributed by atoms with Gasteiger partial charge in [0.1, 0.15) is 11.6 Å². The van der Waals surface area contributed by atoms with Crippen LogP contribution in [0.2, 0.25) is 0 Å². The summed E-state index contributed by atoms with van der Waals surface area (Å²) < 4.78 is 67.1. The summed E-state index contributed by atoms with van der Waals surface area (Å²) in [7, 11) is 0. The van der Waals surface area contributed by atoms with Gasteiger partial charge in [0.05, 0.1) is 13.2 Å². The maximum absolute atomic E-state index is 14.0. The van der Waals surface area contributed by atoms with Crippen molar-refractivity contribution in [3.05, 3.63) is 47.1 Å². The second-order valence-electron chi connectivity index (χ2n) is 6.27. The SMILES string of the molecule is CCc1cc(F)c(CCC2COC(OC(=O)CCC=C(F)F)OC2)c(F)c1. The lowest BCUT2D eigenvalue weighted by molar-refractivity contribution is -0.309. The van der Waals surface area contributed by atoms with Gasteiger partial charge in [0.25, 0.3) is 6.08 Å². The Hall–Kier alpha value is -1.93. The van der Waals surface area contributed by atoms with E-state index in [1.54, 1.807) is 0 Å². The van der Waals surface area contributed by atoms with Crippen LogP contribution in [-0.4, -0.2) is 25.7 Å². The Morgan fingerprint density at radius 2 is 1.85 bits per heavy atom. The normalized spacial score (nSPS) is 19.6. The summed E-state index contributed by atoms with van der Waals surface area (Å²) in [5.41, 5.74) is 0.640. The van der Waals surface area contributed by atoms with Crippen LogP contribution >= 0.6 is 0 Å². The van der Waals surface area contributed by atoms with Crippen LogP contribution in [0, 0.1) is 17.6 Å². The van der Waals surface area contributed by atoms with Gasteiger partial charge in [-0.1, -0.05) is 6.92 Å². The van der Waals surface area contributed by atoms with E-state index in [4.69, 9.17) is 14.2 Å². The lowest BCUT2D eigenvalue weighted by Gasteiger charge is -2.28. The molecule has 1 aliphatic rings. The van der Waals surface area contributed by atoms with Crippen molar-refractivity contribution >= 4 is 5.97 Å². The summed E-state index contributed by atoms with van der Waals surface area (Å²) in [5.74, 6) is -1.94. The molecule has 1 saturated heterocycles. The van der Waals surface area contributed by atoms with Gasteiger partial charge in [-0.15, -0.1) is 0 Å². The van der Waals surface area contributed by atoms with Crippen LogP contribution in [0.3, 0.4) is 0 Å². The summed E-state index contributed by atoms with van der Waals surface area (Å²) in [6, 6.07) is 2.68. The number of benzene rings is 1. The van der Waals surface area contributed by atoms with Crippen molar-refractivity contribution in [2.24, 2.45) is 5.92 Å². The molecule has 1 heterocycles. The highest BCUT2D eigenvalue weighted by molar-refractivity contribution is 5.69. The van der Waals surface area contributed by atoms with Crippen molar-refractivity contribution < 1.29 is 36.6 Å². The van der Waals surface area contributed by atoms with E-state index >= 15 is 0 Å². The van der Waals surface area contributed by atoms with E-state index in [-0.39, 0.29) is 44.0 Å². The van der Waals surface area contributed by atoms with E-state index in [1.165, 1.54) is 12.1 Å². The van der Waals surface area contributed by atoms with E-state index in [1.807, 2.05) is 6.92 Å². The van der Waals surface area contributed by atoms with E-state index in [0.717, 1.165) is 0 Å². The number of allylic oxidation sites excluding steroid dienone is 1. The fraction of sp³-hybridized carbons (Fsp3) is 0.526. The molecule has 0 aliphatic carbocycles. The van der Waals surface area contributed by atoms with Crippen molar-refractivity contribution in [1.82, 2.24) is 0 Å². The molecule has 2 rings (SSSR count). The van der Waals surface area contributed by atoms with Gasteiger partial charge in [-0.25, -0.2) is 8.78 Å². The Morgan fingerprint density at radius 3 is 2.41 bits per heavy atom. The first-order valence-electron chi connectivity index (χ1n) is 8.79. The largest absolute Gasteiger partial charge is 0.410 e. The number of hydrogen-bond donors (Lipinski definition) is 0. The lowest BCUT2D eigenvalue weighted by Crippen LogP contribution is -2.35. The third-order valence-electron chi connectivity index (χ3n) is 4.22. The molecule has 0 aromatic heterocycles. The molecule has 0 amide bonds. The number of rotatable bonds is 8. The number of ether oxygens (including phenoxy) is 3. The lowest BCUT2D eigenvalue weighted by atomic mass is 9.98. The van der Waals surface area contributed by atoms with Crippen LogP contribution in [0.15, 0.2) is 24.3 Å². The molecule has 1 fully saturated rings. The number of carbonyl (C=O) groups excluding carboxylic acids is 1. The summed E-state index contributed by atoms with van der Waals surface area (Å²) in [4.78, 5) is 11.5. The number of esters is 1. The predicted octanol–water partition coefficient (Wildman–Crippen LogP) is 4.51. The fourth-order valence-corrected chi connectivity index (χ4v) is 2.67. The van der Waals surface area contributed by atoms with Gasteiger partial charge in [-0.3, -0.25) is 4.79 Å². The number of aryl methyl sites for hydroxylation is 1. The third-order valence-corrected chi connectivity index (χ3v) is 4.22. The second-order valence-corrected chi connectivity index (χ2v) is 6.27. The van der Waals surface area contributed by atoms with Gasteiger partial charge < -0.3 is 14.2 Å². The molecule has 0 atom stereocenters. The number of halogens is 4. The van der Waals surface area contributed by atoms with Crippen molar-refractivity contribution in [3.8, 4) is 0 Å². The maximum atomic E-state index is 14.0. The molecule has 0 saturated carbocycles. The van der Waals surface area contributed by atoms with E-state index in [9.17, 15) is 22.4 Å². The number of carbonyl (C=O) groups is 1. The average molecular weight is 390 g/mol. The quantitative estimate of drug-likeness (QED) is 0.484. The Balaban J connectivity index is 1.73. The van der Waals surface area contributed by atoms with Gasteiger partial charge in [0.15, 0.2) is 0 Å². The van der Waals surface area contributed by atoms with E-state index in [0.29, 0.717) is 24.5 Å². The van der Waals surface area contributed by atoms with Gasteiger partial charge in [0.2, 0.25) is 0 Å². The Kier molecular flexibility index (Phi) is 8.24. The van der Waals surface area contributed by atoms with Gasteiger partial charge >= 0.3 is 12.4 Å². The summed E-state index contributed by atoms with van der Waals surface area (Å²) in [6.07, 6.45) is -0.373. The molecular formula is C19H22F4O4. The topological polar surface area (TPSA) is 44.8 Å². The maximum Gasteiger partial charge on any atom is 0.318 e. The van der Waals surface area contributed by atoms with E-state index < -0.39 is 30.2 Å². The molecule has 27 heavy (non-hydrogen) atoms. The van der Waals surface area contributed by atoms with Crippen molar-refractivity contribution in [1.29, 1.82) is 0 Å². The van der Waals surface area contributed by atoms with Gasteiger partial charge in [-0.05, 0) is 49.5 Å². The fourth-order valence-electron chi connectivity index (χ4n) is 2.67. The average Bonchev–Trinajstić information content (AvgIpc) is 2.61. The molecule has 1 aromatic carbocycles. The monoisotopic (exact) mass is 390 g/mol. The molecule has 150 valence electrons. The standard InChI is InChI=1S/C19H22F4O4/c1-2-12-8-15(20)14(16(21)9-12)7-6-13-10-25-19(26-11-13)27-18(24)5-3-4-17(22)23/h4,8-9,13,19H,2-3,5-7,10-11H2,1H3. The highest BCUT2D eigenvalue weighted by Gasteiger charge is 2.25. The molecule has 8 heteroatoms. The molecule has 0 bridgehead atoms. The Morgan fingerprint density at radius 1 is 1.22 bits per heavy atom. The van der Waals surface area contributed by atoms with Gasteiger partial charge in [0, 0.05) is 17.9 Å². The third kappa shape index (κ3) is 6.95. The first-order valence-corrected chi connectivity index (χ1v) is 8.79. The van der Waals surface area contributed by atoms with Crippen molar-refractivity contribution in [3.63, 3.8) is 0 Å². The molecule has 4 nitrogen and oxygen atoms in total. The zero-order valence-electron chi connectivity index (χ0n) is 15.0.